The molecule has 0 spiro atoms. The van der Waals surface area contributed by atoms with Crippen LogP contribution in [0.4, 0.5) is 0 Å². The molecule has 0 aromatic heterocycles. The molecule has 4 heteroatoms. The zero-order valence-electron chi connectivity index (χ0n) is 13.2. The number of nitrogens with zero attached hydrogens (tertiary/aromatic N) is 1. The number of carbonyl (C=O) groups is 1. The van der Waals surface area contributed by atoms with Crippen LogP contribution in [0.2, 0.25) is 0 Å². The molecule has 2 atom stereocenters. The fraction of sp³-hybridized carbons (Fsp3) is 0.938. The maximum atomic E-state index is 12.2. The molecule has 116 valence electrons. The lowest BCUT2D eigenvalue weighted by molar-refractivity contribution is -0.123. The molecule has 1 amide bonds. The third-order valence-corrected chi connectivity index (χ3v) is 5.05. The molecule has 2 N–H and O–H groups in total. The average Bonchev–Trinajstić information content (AvgIpc) is 2.49. The Morgan fingerprint density at radius 2 is 2.10 bits per heavy atom. The molecule has 2 saturated heterocycles. The van der Waals surface area contributed by atoms with Gasteiger partial charge in [-0.2, -0.15) is 0 Å². The zero-order valence-corrected chi connectivity index (χ0v) is 13.2. The fourth-order valence-corrected chi connectivity index (χ4v) is 3.50. The van der Waals surface area contributed by atoms with Crippen molar-refractivity contribution in [2.75, 3.05) is 32.7 Å². The Morgan fingerprint density at radius 3 is 2.70 bits per heavy atom. The van der Waals surface area contributed by atoms with E-state index >= 15 is 0 Å². The largest absolute Gasteiger partial charge is 0.353 e. The van der Waals surface area contributed by atoms with E-state index in [1.807, 2.05) is 0 Å². The van der Waals surface area contributed by atoms with E-state index in [9.17, 15) is 4.79 Å². The maximum Gasteiger partial charge on any atom is 0.220 e. The summed E-state index contributed by atoms with van der Waals surface area (Å²) in [6, 6.07) is 0.405. The number of nitrogens with one attached hydrogen (secondary N) is 2. The minimum Gasteiger partial charge on any atom is -0.353 e. The minimum absolute atomic E-state index is 0.262. The highest BCUT2D eigenvalue weighted by atomic mass is 16.1. The van der Waals surface area contributed by atoms with Crippen LogP contribution in [-0.4, -0.2) is 49.6 Å². The van der Waals surface area contributed by atoms with Crippen molar-refractivity contribution in [1.82, 2.24) is 15.5 Å². The number of rotatable bonds is 5. The van der Waals surface area contributed by atoms with Gasteiger partial charge in [0.2, 0.25) is 5.91 Å². The first kappa shape index (κ1) is 15.8. The Morgan fingerprint density at radius 1 is 1.35 bits per heavy atom. The summed E-state index contributed by atoms with van der Waals surface area (Å²) in [5.41, 5.74) is 0. The lowest BCUT2D eigenvalue weighted by atomic mass is 9.85. The van der Waals surface area contributed by atoms with Crippen LogP contribution in [0, 0.1) is 11.8 Å². The first-order valence-electron chi connectivity index (χ1n) is 8.41. The highest BCUT2D eigenvalue weighted by Gasteiger charge is 2.24. The van der Waals surface area contributed by atoms with E-state index in [1.165, 1.54) is 12.8 Å². The SMILES string of the molecule is CCN1CCC(NC(=O)CC(C)C2CCCNC2)CC1. The summed E-state index contributed by atoms with van der Waals surface area (Å²) in [7, 11) is 0. The van der Waals surface area contributed by atoms with E-state index < -0.39 is 0 Å². The quantitative estimate of drug-likeness (QED) is 0.805. The summed E-state index contributed by atoms with van der Waals surface area (Å²) >= 11 is 0. The van der Waals surface area contributed by atoms with E-state index in [4.69, 9.17) is 0 Å². The van der Waals surface area contributed by atoms with Crippen molar-refractivity contribution in [3.63, 3.8) is 0 Å². The number of likely N-dealkylation sites (tertiary alicyclic amines) is 1. The summed E-state index contributed by atoms with van der Waals surface area (Å²) in [6.45, 7) is 10.1. The van der Waals surface area contributed by atoms with Crippen molar-refractivity contribution < 1.29 is 4.79 Å². The summed E-state index contributed by atoms with van der Waals surface area (Å²) in [4.78, 5) is 14.6. The molecule has 0 radical (unpaired) electrons. The van der Waals surface area contributed by atoms with Gasteiger partial charge in [-0.1, -0.05) is 13.8 Å². The predicted octanol–water partition coefficient (Wildman–Crippen LogP) is 1.61. The molecule has 0 aromatic carbocycles. The van der Waals surface area contributed by atoms with Crippen LogP contribution >= 0.6 is 0 Å². The third-order valence-electron chi connectivity index (χ3n) is 5.05. The molecule has 20 heavy (non-hydrogen) atoms. The lowest BCUT2D eigenvalue weighted by Gasteiger charge is -2.32. The van der Waals surface area contributed by atoms with Crippen LogP contribution in [0.15, 0.2) is 0 Å². The van der Waals surface area contributed by atoms with Gasteiger partial charge in [0, 0.05) is 25.6 Å². The number of piperidine rings is 2. The van der Waals surface area contributed by atoms with Gasteiger partial charge in [-0.15, -0.1) is 0 Å². The monoisotopic (exact) mass is 281 g/mol. The number of hydrogen-bond acceptors (Lipinski definition) is 3. The summed E-state index contributed by atoms with van der Waals surface area (Å²) < 4.78 is 0. The van der Waals surface area contributed by atoms with Crippen LogP contribution in [0.25, 0.3) is 0 Å². The van der Waals surface area contributed by atoms with Gasteiger partial charge >= 0.3 is 0 Å². The molecule has 0 bridgehead atoms. The number of carbonyl (C=O) groups excluding carboxylic acids is 1. The molecule has 0 aromatic rings. The lowest BCUT2D eigenvalue weighted by Crippen LogP contribution is -2.45. The predicted molar refractivity (Wildman–Crippen MR) is 82.7 cm³/mol. The Balaban J connectivity index is 1.67. The van der Waals surface area contributed by atoms with Gasteiger partial charge in [0.05, 0.1) is 0 Å². The molecule has 2 aliphatic rings. The van der Waals surface area contributed by atoms with Gasteiger partial charge in [0.1, 0.15) is 0 Å². The second-order valence-electron chi connectivity index (χ2n) is 6.56. The van der Waals surface area contributed by atoms with E-state index in [2.05, 4.69) is 29.4 Å². The number of hydrogen-bond donors (Lipinski definition) is 2. The number of amides is 1. The van der Waals surface area contributed by atoms with Crippen molar-refractivity contribution in [2.24, 2.45) is 11.8 Å². The van der Waals surface area contributed by atoms with Crippen molar-refractivity contribution in [2.45, 2.75) is 52.0 Å². The van der Waals surface area contributed by atoms with E-state index in [0.29, 0.717) is 24.3 Å². The fourth-order valence-electron chi connectivity index (χ4n) is 3.50. The van der Waals surface area contributed by atoms with Crippen molar-refractivity contribution in [1.29, 1.82) is 0 Å². The van der Waals surface area contributed by atoms with Gasteiger partial charge in [-0.25, -0.2) is 0 Å². The van der Waals surface area contributed by atoms with Crippen molar-refractivity contribution >= 4 is 5.91 Å². The summed E-state index contributed by atoms with van der Waals surface area (Å²) in [6.07, 6.45) is 5.45. The Bertz CT molecular complexity index is 294. The van der Waals surface area contributed by atoms with E-state index in [1.54, 1.807) is 0 Å². The van der Waals surface area contributed by atoms with Crippen LogP contribution < -0.4 is 10.6 Å². The molecule has 2 heterocycles. The molecule has 0 aliphatic carbocycles. The van der Waals surface area contributed by atoms with Crippen LogP contribution in [0.5, 0.6) is 0 Å². The van der Waals surface area contributed by atoms with Gasteiger partial charge in [-0.05, 0) is 57.2 Å². The average molecular weight is 281 g/mol. The topological polar surface area (TPSA) is 44.4 Å². The molecular weight excluding hydrogens is 250 g/mol. The molecule has 2 fully saturated rings. The second-order valence-corrected chi connectivity index (χ2v) is 6.56. The standard InChI is InChI=1S/C16H31N3O/c1-3-19-9-6-15(7-10-19)18-16(20)11-13(2)14-5-4-8-17-12-14/h13-15,17H,3-12H2,1-2H3,(H,18,20). The maximum absolute atomic E-state index is 12.2. The molecule has 2 rings (SSSR count). The molecule has 4 nitrogen and oxygen atoms in total. The summed E-state index contributed by atoms with van der Waals surface area (Å²) in [5.74, 6) is 1.44. The second kappa shape index (κ2) is 7.99. The van der Waals surface area contributed by atoms with Gasteiger partial charge < -0.3 is 15.5 Å². The Hall–Kier alpha value is -0.610. The van der Waals surface area contributed by atoms with E-state index in [-0.39, 0.29) is 5.91 Å². The highest BCUT2D eigenvalue weighted by Crippen LogP contribution is 2.22. The Labute approximate surface area is 123 Å². The van der Waals surface area contributed by atoms with Crippen LogP contribution in [0.3, 0.4) is 0 Å². The first-order valence-corrected chi connectivity index (χ1v) is 8.41. The molecule has 2 aliphatic heterocycles. The molecule has 2 unspecified atom stereocenters. The highest BCUT2D eigenvalue weighted by molar-refractivity contribution is 5.76. The zero-order chi connectivity index (χ0) is 14.4. The first-order chi connectivity index (χ1) is 9.69. The van der Waals surface area contributed by atoms with E-state index in [0.717, 1.165) is 45.6 Å². The van der Waals surface area contributed by atoms with Gasteiger partial charge in [0.25, 0.3) is 0 Å². The van der Waals surface area contributed by atoms with Gasteiger partial charge in [0.15, 0.2) is 0 Å². The van der Waals surface area contributed by atoms with Gasteiger partial charge in [-0.3, -0.25) is 4.79 Å². The Kier molecular flexibility index (Phi) is 6.30. The third kappa shape index (κ3) is 4.74. The minimum atomic E-state index is 0.262. The molecule has 0 saturated carbocycles. The summed E-state index contributed by atoms with van der Waals surface area (Å²) in [5, 5.41) is 6.69. The van der Waals surface area contributed by atoms with Crippen LogP contribution in [-0.2, 0) is 4.79 Å². The molecular formula is C16H31N3O. The normalized spacial score (nSPS) is 27.2. The van der Waals surface area contributed by atoms with Crippen molar-refractivity contribution in [3.8, 4) is 0 Å². The van der Waals surface area contributed by atoms with Crippen molar-refractivity contribution in [3.05, 3.63) is 0 Å². The van der Waals surface area contributed by atoms with Crippen LogP contribution in [0.1, 0.15) is 46.0 Å². The smallest absolute Gasteiger partial charge is 0.220 e.